The van der Waals surface area contributed by atoms with Crippen LogP contribution in [0.1, 0.15) is 13.8 Å². The molecule has 1 atom stereocenters. The maximum atomic E-state index is 5.72. The summed E-state index contributed by atoms with van der Waals surface area (Å²) in [7, 11) is 1.65. The van der Waals surface area contributed by atoms with Gasteiger partial charge in [-0.25, -0.2) is 0 Å². The van der Waals surface area contributed by atoms with Crippen LogP contribution in [0.3, 0.4) is 0 Å². The van der Waals surface area contributed by atoms with Crippen LogP contribution in [0, 0.1) is 5.92 Å². The molecule has 0 radical (unpaired) electrons. The highest BCUT2D eigenvalue weighted by molar-refractivity contribution is 14.0. The number of hydrogen-bond acceptors (Lipinski definition) is 4. The molecule has 27 heavy (non-hydrogen) atoms. The molecule has 0 aliphatic rings. The predicted octanol–water partition coefficient (Wildman–Crippen LogP) is 2.78. The Bertz CT molecular complexity index is 647. The molecule has 1 aromatic carbocycles. The zero-order valence-corrected chi connectivity index (χ0v) is 18.6. The monoisotopic (exact) mass is 487 g/mol. The van der Waals surface area contributed by atoms with Crippen molar-refractivity contribution >= 4 is 29.9 Å². The van der Waals surface area contributed by atoms with Crippen LogP contribution in [0.15, 0.2) is 47.7 Å². The van der Waals surface area contributed by atoms with Crippen LogP contribution in [0.2, 0.25) is 0 Å². The van der Waals surface area contributed by atoms with E-state index in [4.69, 9.17) is 9.47 Å². The van der Waals surface area contributed by atoms with E-state index in [-0.39, 0.29) is 24.0 Å². The fourth-order valence-corrected chi connectivity index (χ4v) is 2.38. The molecule has 0 spiro atoms. The number of rotatable bonds is 10. The van der Waals surface area contributed by atoms with Crippen LogP contribution in [-0.4, -0.2) is 49.1 Å². The molecule has 150 valence electrons. The van der Waals surface area contributed by atoms with Gasteiger partial charge in [0.25, 0.3) is 0 Å². The number of ether oxygens (including phenoxy) is 2. The number of nitrogens with zero attached hydrogens (tertiary/aromatic N) is 3. The molecule has 7 nitrogen and oxygen atoms in total. The second-order valence-corrected chi connectivity index (χ2v) is 6.00. The van der Waals surface area contributed by atoms with E-state index in [1.165, 1.54) is 0 Å². The molecule has 0 fully saturated rings. The zero-order chi connectivity index (χ0) is 18.6. The number of methoxy groups -OCH3 is 1. The van der Waals surface area contributed by atoms with Gasteiger partial charge in [0.2, 0.25) is 0 Å². The number of aliphatic imine (C=N–C) groups is 1. The van der Waals surface area contributed by atoms with Gasteiger partial charge in [0.1, 0.15) is 18.1 Å². The average molecular weight is 487 g/mol. The number of aromatic nitrogens is 2. The van der Waals surface area contributed by atoms with E-state index in [1.54, 1.807) is 13.3 Å². The molecule has 0 saturated carbocycles. The van der Waals surface area contributed by atoms with E-state index >= 15 is 0 Å². The van der Waals surface area contributed by atoms with Crippen LogP contribution >= 0.6 is 24.0 Å². The van der Waals surface area contributed by atoms with Crippen LogP contribution in [0.5, 0.6) is 11.5 Å². The van der Waals surface area contributed by atoms with Gasteiger partial charge in [-0.05, 0) is 43.2 Å². The maximum Gasteiger partial charge on any atom is 0.191 e. The summed E-state index contributed by atoms with van der Waals surface area (Å²) in [6.45, 7) is 7.86. The second-order valence-electron chi connectivity index (χ2n) is 6.00. The van der Waals surface area contributed by atoms with Crippen molar-refractivity contribution in [3.8, 4) is 11.5 Å². The van der Waals surface area contributed by atoms with Crippen molar-refractivity contribution in [2.45, 2.75) is 20.4 Å². The molecular weight excluding hydrogens is 457 g/mol. The minimum Gasteiger partial charge on any atom is -0.497 e. The van der Waals surface area contributed by atoms with Crippen LogP contribution in [0.25, 0.3) is 0 Å². The lowest BCUT2D eigenvalue weighted by Gasteiger charge is -2.14. The summed E-state index contributed by atoms with van der Waals surface area (Å²) in [5.74, 6) is 2.85. The lowest BCUT2D eigenvalue weighted by atomic mass is 10.2. The molecule has 2 N–H and O–H groups in total. The quantitative estimate of drug-likeness (QED) is 0.234. The summed E-state index contributed by atoms with van der Waals surface area (Å²) in [5, 5.41) is 10.8. The first-order valence-electron chi connectivity index (χ1n) is 8.97. The Morgan fingerprint density at radius 1 is 1.22 bits per heavy atom. The van der Waals surface area contributed by atoms with E-state index in [9.17, 15) is 0 Å². The standard InChI is InChI=1S/C19H29N5O2.HI/c1-4-20-19(22-14-16(2)15-24-12-5-10-23-24)21-11-13-26-18-8-6-17(25-3)7-9-18;/h5-10,12,16H,4,11,13-15H2,1-3H3,(H2,20,21,22);1H. The first kappa shape index (κ1) is 23.1. The summed E-state index contributed by atoms with van der Waals surface area (Å²) in [6.07, 6.45) is 3.77. The highest BCUT2D eigenvalue weighted by atomic mass is 127. The molecule has 1 heterocycles. The smallest absolute Gasteiger partial charge is 0.191 e. The van der Waals surface area contributed by atoms with Gasteiger partial charge < -0.3 is 20.1 Å². The minimum atomic E-state index is 0. The van der Waals surface area contributed by atoms with Gasteiger partial charge in [0.05, 0.1) is 13.7 Å². The first-order valence-corrected chi connectivity index (χ1v) is 8.97. The van der Waals surface area contributed by atoms with Crippen molar-refractivity contribution in [2.75, 3.05) is 33.4 Å². The van der Waals surface area contributed by atoms with Crippen molar-refractivity contribution in [3.05, 3.63) is 42.7 Å². The number of guanidine groups is 1. The van der Waals surface area contributed by atoms with Crippen LogP contribution < -0.4 is 20.1 Å². The Hall–Kier alpha value is -1.97. The fraction of sp³-hybridized carbons (Fsp3) is 0.474. The van der Waals surface area contributed by atoms with E-state index < -0.39 is 0 Å². The Kier molecular flexibility index (Phi) is 11.3. The molecular formula is C19H30IN5O2. The lowest BCUT2D eigenvalue weighted by molar-refractivity contribution is 0.321. The predicted molar refractivity (Wildman–Crippen MR) is 119 cm³/mol. The normalized spacial score (nSPS) is 12.0. The topological polar surface area (TPSA) is 72.7 Å². The summed E-state index contributed by atoms with van der Waals surface area (Å²) in [6, 6.07) is 9.50. The molecule has 0 amide bonds. The van der Waals surface area contributed by atoms with Gasteiger partial charge in [-0.1, -0.05) is 6.92 Å². The van der Waals surface area contributed by atoms with Gasteiger partial charge in [-0.2, -0.15) is 5.10 Å². The van der Waals surface area contributed by atoms with E-state index in [1.807, 2.05) is 41.2 Å². The summed E-state index contributed by atoms with van der Waals surface area (Å²) in [5.41, 5.74) is 0. The molecule has 2 aromatic rings. The molecule has 1 unspecified atom stereocenters. The molecule has 0 saturated heterocycles. The summed E-state index contributed by atoms with van der Waals surface area (Å²) in [4.78, 5) is 4.64. The van der Waals surface area contributed by atoms with Gasteiger partial charge in [-0.3, -0.25) is 9.67 Å². The zero-order valence-electron chi connectivity index (χ0n) is 16.2. The highest BCUT2D eigenvalue weighted by Gasteiger charge is 2.04. The lowest BCUT2D eigenvalue weighted by Crippen LogP contribution is -2.39. The van der Waals surface area contributed by atoms with Crippen LogP contribution in [0.4, 0.5) is 0 Å². The maximum absolute atomic E-state index is 5.72. The Labute approximate surface area is 178 Å². The second kappa shape index (κ2) is 13.2. The van der Waals surface area contributed by atoms with Crippen molar-refractivity contribution in [2.24, 2.45) is 10.9 Å². The molecule has 8 heteroatoms. The third kappa shape index (κ3) is 8.98. The Morgan fingerprint density at radius 3 is 2.59 bits per heavy atom. The van der Waals surface area contributed by atoms with Gasteiger partial charge >= 0.3 is 0 Å². The largest absolute Gasteiger partial charge is 0.497 e. The Morgan fingerprint density at radius 2 is 1.96 bits per heavy atom. The van der Waals surface area contributed by atoms with Gasteiger partial charge in [0, 0.05) is 32.0 Å². The fourth-order valence-electron chi connectivity index (χ4n) is 2.38. The number of nitrogens with one attached hydrogen (secondary N) is 2. The number of hydrogen-bond donors (Lipinski definition) is 2. The molecule has 0 aliphatic heterocycles. The van der Waals surface area contributed by atoms with Crippen molar-refractivity contribution in [1.29, 1.82) is 0 Å². The molecule has 0 bridgehead atoms. The van der Waals surface area contributed by atoms with Crippen molar-refractivity contribution in [1.82, 2.24) is 20.4 Å². The average Bonchev–Trinajstić information content (AvgIpc) is 3.16. The first-order chi connectivity index (χ1) is 12.7. The third-order valence-corrected chi connectivity index (χ3v) is 3.69. The van der Waals surface area contributed by atoms with Gasteiger partial charge in [0.15, 0.2) is 5.96 Å². The number of halogens is 1. The third-order valence-electron chi connectivity index (χ3n) is 3.69. The van der Waals surface area contributed by atoms with Gasteiger partial charge in [-0.15, -0.1) is 24.0 Å². The minimum absolute atomic E-state index is 0. The van der Waals surface area contributed by atoms with E-state index in [0.717, 1.165) is 37.1 Å². The SMILES string of the molecule is CCNC(=NCC(C)Cn1cccn1)NCCOc1ccc(OC)cc1.I. The van der Waals surface area contributed by atoms with Crippen molar-refractivity contribution in [3.63, 3.8) is 0 Å². The molecule has 1 aromatic heterocycles. The molecule has 0 aliphatic carbocycles. The van der Waals surface area contributed by atoms with Crippen molar-refractivity contribution < 1.29 is 9.47 Å². The van der Waals surface area contributed by atoms with Crippen LogP contribution in [-0.2, 0) is 6.54 Å². The molecule has 2 rings (SSSR count). The summed E-state index contributed by atoms with van der Waals surface area (Å²) < 4.78 is 12.8. The summed E-state index contributed by atoms with van der Waals surface area (Å²) >= 11 is 0. The highest BCUT2D eigenvalue weighted by Crippen LogP contribution is 2.16. The van der Waals surface area contributed by atoms with E-state index in [2.05, 4.69) is 34.6 Å². The number of benzene rings is 1. The van der Waals surface area contributed by atoms with E-state index in [0.29, 0.717) is 19.1 Å². The Balaban J connectivity index is 0.00000364.